The van der Waals surface area contributed by atoms with Crippen molar-refractivity contribution in [3.63, 3.8) is 0 Å². The maximum absolute atomic E-state index is 11.8. The standard InChI is InChI=1S/C21H26N6O2S/c1-30-21(6-7-21)17-14-18(27-10-12-29-13-11-27)26-19(25-17)15-2-4-16(5-3-15)24-20(28)23-9-8-22/h2-4,14,16H,5-7,9-13H2,1H3,(H2,23,24,28). The molecular weight excluding hydrogens is 400 g/mol. The molecule has 1 saturated carbocycles. The first-order valence-electron chi connectivity index (χ1n) is 10.2. The average Bonchev–Trinajstić information content (AvgIpc) is 3.60. The summed E-state index contributed by atoms with van der Waals surface area (Å²) in [5, 5.41) is 13.9. The maximum atomic E-state index is 11.8. The van der Waals surface area contributed by atoms with Crippen molar-refractivity contribution >= 4 is 29.2 Å². The number of hydrogen-bond donors (Lipinski definition) is 2. The highest BCUT2D eigenvalue weighted by atomic mass is 32.2. The lowest BCUT2D eigenvalue weighted by Crippen LogP contribution is -2.41. The number of urea groups is 1. The number of carbonyl (C=O) groups is 1. The number of nitrogens with zero attached hydrogens (tertiary/aromatic N) is 4. The molecule has 0 radical (unpaired) electrons. The molecule has 30 heavy (non-hydrogen) atoms. The molecular formula is C21H26N6O2S. The summed E-state index contributed by atoms with van der Waals surface area (Å²) < 4.78 is 5.61. The van der Waals surface area contributed by atoms with E-state index in [1.807, 2.05) is 30.0 Å². The molecule has 0 spiro atoms. The van der Waals surface area contributed by atoms with E-state index in [-0.39, 0.29) is 23.4 Å². The van der Waals surface area contributed by atoms with Gasteiger partial charge in [0.05, 0.1) is 35.8 Å². The maximum Gasteiger partial charge on any atom is 0.316 e. The number of hydrogen-bond acceptors (Lipinski definition) is 7. The highest BCUT2D eigenvalue weighted by molar-refractivity contribution is 7.99. The monoisotopic (exact) mass is 426 g/mol. The van der Waals surface area contributed by atoms with Gasteiger partial charge in [0.1, 0.15) is 12.4 Å². The summed E-state index contributed by atoms with van der Waals surface area (Å²) in [6.07, 6.45) is 11.1. The van der Waals surface area contributed by atoms with Crippen molar-refractivity contribution in [3.05, 3.63) is 35.8 Å². The zero-order valence-corrected chi connectivity index (χ0v) is 17.9. The Labute approximate surface area is 180 Å². The fourth-order valence-electron chi connectivity index (χ4n) is 3.66. The van der Waals surface area contributed by atoms with Gasteiger partial charge in [-0.25, -0.2) is 14.8 Å². The van der Waals surface area contributed by atoms with Crippen molar-refractivity contribution in [2.75, 3.05) is 44.0 Å². The van der Waals surface area contributed by atoms with Crippen molar-refractivity contribution in [1.82, 2.24) is 20.6 Å². The third-order valence-corrected chi connectivity index (χ3v) is 7.01. The van der Waals surface area contributed by atoms with Gasteiger partial charge in [0.2, 0.25) is 0 Å². The van der Waals surface area contributed by atoms with Gasteiger partial charge in [0, 0.05) is 24.7 Å². The normalized spacial score (nSPS) is 22.1. The van der Waals surface area contributed by atoms with Crippen LogP contribution < -0.4 is 15.5 Å². The number of thioether (sulfide) groups is 1. The molecule has 1 aliphatic heterocycles. The Morgan fingerprint density at radius 3 is 2.83 bits per heavy atom. The summed E-state index contributed by atoms with van der Waals surface area (Å²) in [6.45, 7) is 3.09. The second kappa shape index (κ2) is 9.06. The largest absolute Gasteiger partial charge is 0.378 e. The van der Waals surface area contributed by atoms with E-state index in [0.717, 1.165) is 48.8 Å². The molecule has 158 valence electrons. The van der Waals surface area contributed by atoms with Crippen LogP contribution in [-0.2, 0) is 9.48 Å². The molecule has 1 aromatic rings. The molecule has 1 aromatic heterocycles. The molecule has 2 N–H and O–H groups in total. The Hall–Kier alpha value is -2.57. The van der Waals surface area contributed by atoms with Crippen molar-refractivity contribution < 1.29 is 9.53 Å². The van der Waals surface area contributed by atoms with Crippen molar-refractivity contribution in [1.29, 1.82) is 5.26 Å². The van der Waals surface area contributed by atoms with Crippen molar-refractivity contribution in [2.24, 2.45) is 0 Å². The van der Waals surface area contributed by atoms with Crippen molar-refractivity contribution in [3.8, 4) is 6.07 Å². The molecule has 0 aromatic carbocycles. The van der Waals surface area contributed by atoms with Crippen LogP contribution in [0.15, 0.2) is 24.3 Å². The zero-order valence-electron chi connectivity index (χ0n) is 17.1. The quantitative estimate of drug-likeness (QED) is 0.672. The lowest BCUT2D eigenvalue weighted by molar-refractivity contribution is 0.122. The second-order valence-electron chi connectivity index (χ2n) is 7.58. The molecule has 2 amide bonds. The Balaban J connectivity index is 1.53. The summed E-state index contributed by atoms with van der Waals surface area (Å²) in [6, 6.07) is 3.58. The number of amides is 2. The van der Waals surface area contributed by atoms with Gasteiger partial charge in [0.25, 0.3) is 0 Å². The topological polar surface area (TPSA) is 103 Å². The smallest absolute Gasteiger partial charge is 0.316 e. The van der Waals surface area contributed by atoms with Gasteiger partial charge >= 0.3 is 6.03 Å². The summed E-state index contributed by atoms with van der Waals surface area (Å²) >= 11 is 1.87. The van der Waals surface area contributed by atoms with Crippen LogP contribution >= 0.6 is 11.8 Å². The minimum Gasteiger partial charge on any atom is -0.378 e. The van der Waals surface area contributed by atoms with E-state index in [0.29, 0.717) is 19.6 Å². The molecule has 8 nitrogen and oxygen atoms in total. The van der Waals surface area contributed by atoms with Crippen LogP contribution in [0, 0.1) is 11.3 Å². The molecule has 0 bridgehead atoms. The Morgan fingerprint density at radius 2 is 2.20 bits per heavy atom. The van der Waals surface area contributed by atoms with Gasteiger partial charge in [-0.3, -0.25) is 0 Å². The summed E-state index contributed by atoms with van der Waals surface area (Å²) in [7, 11) is 0. The summed E-state index contributed by atoms with van der Waals surface area (Å²) in [5.41, 5.74) is 2.07. The third-order valence-electron chi connectivity index (χ3n) is 5.61. The average molecular weight is 427 g/mol. The lowest BCUT2D eigenvalue weighted by Gasteiger charge is -2.29. The number of morpholine rings is 1. The molecule has 2 heterocycles. The Morgan fingerprint density at radius 1 is 1.40 bits per heavy atom. The van der Waals surface area contributed by atoms with Gasteiger partial charge in [-0.2, -0.15) is 17.0 Å². The number of ether oxygens (including phenoxy) is 1. The van der Waals surface area contributed by atoms with E-state index in [9.17, 15) is 4.79 Å². The minimum atomic E-state index is -0.341. The molecule has 1 atom stereocenters. The van der Waals surface area contributed by atoms with E-state index in [2.05, 4.69) is 33.9 Å². The predicted octanol–water partition coefficient (Wildman–Crippen LogP) is 2.20. The molecule has 9 heteroatoms. The third kappa shape index (κ3) is 4.60. The minimum absolute atomic E-state index is 0.00844. The number of carbonyl (C=O) groups excluding carboxylic acids is 1. The highest BCUT2D eigenvalue weighted by Crippen LogP contribution is 2.55. The number of nitriles is 1. The molecule has 1 unspecified atom stereocenters. The fourth-order valence-corrected chi connectivity index (χ4v) is 4.49. The molecule has 2 aliphatic carbocycles. The van der Waals surface area contributed by atoms with Crippen LogP contribution in [-0.4, -0.2) is 61.1 Å². The Kier molecular flexibility index (Phi) is 6.25. The first kappa shape index (κ1) is 20.7. The van der Waals surface area contributed by atoms with Crippen LogP contribution in [0.3, 0.4) is 0 Å². The van der Waals surface area contributed by atoms with Gasteiger partial charge < -0.3 is 20.3 Å². The Bertz CT molecular complexity index is 899. The fraction of sp³-hybridized carbons (Fsp3) is 0.524. The predicted molar refractivity (Wildman–Crippen MR) is 117 cm³/mol. The van der Waals surface area contributed by atoms with Gasteiger partial charge in [-0.15, -0.1) is 0 Å². The zero-order chi connectivity index (χ0) is 21.0. The number of allylic oxidation sites excluding steroid dienone is 2. The molecule has 4 rings (SSSR count). The van der Waals surface area contributed by atoms with E-state index in [1.54, 1.807) is 0 Å². The molecule has 2 fully saturated rings. The van der Waals surface area contributed by atoms with Crippen LogP contribution in [0.1, 0.15) is 30.8 Å². The van der Waals surface area contributed by atoms with Gasteiger partial charge in [-0.1, -0.05) is 18.2 Å². The second-order valence-corrected chi connectivity index (χ2v) is 8.77. The lowest BCUT2D eigenvalue weighted by atomic mass is 10.0. The number of anilines is 1. The van der Waals surface area contributed by atoms with E-state index in [1.165, 1.54) is 0 Å². The molecule has 1 saturated heterocycles. The first-order valence-corrected chi connectivity index (χ1v) is 11.4. The summed E-state index contributed by atoms with van der Waals surface area (Å²) in [4.78, 5) is 23.9. The number of aromatic nitrogens is 2. The molecule has 3 aliphatic rings. The van der Waals surface area contributed by atoms with E-state index in [4.69, 9.17) is 20.0 Å². The highest BCUT2D eigenvalue weighted by Gasteiger charge is 2.45. The van der Waals surface area contributed by atoms with Crippen LogP contribution in [0.5, 0.6) is 0 Å². The van der Waals surface area contributed by atoms with Crippen LogP contribution in [0.4, 0.5) is 10.6 Å². The van der Waals surface area contributed by atoms with Gasteiger partial charge in [0.15, 0.2) is 5.82 Å². The van der Waals surface area contributed by atoms with Crippen molar-refractivity contribution in [2.45, 2.75) is 30.1 Å². The van der Waals surface area contributed by atoms with Crippen LogP contribution in [0.25, 0.3) is 5.57 Å². The van der Waals surface area contributed by atoms with Crippen LogP contribution in [0.2, 0.25) is 0 Å². The summed E-state index contributed by atoms with van der Waals surface area (Å²) in [5.74, 6) is 1.70. The first-order chi connectivity index (χ1) is 14.6. The van der Waals surface area contributed by atoms with E-state index < -0.39 is 0 Å². The van der Waals surface area contributed by atoms with E-state index >= 15 is 0 Å². The number of nitrogens with one attached hydrogen (secondary N) is 2. The van der Waals surface area contributed by atoms with Gasteiger partial charge in [-0.05, 0) is 25.5 Å². The number of rotatable bonds is 6. The SMILES string of the molecule is CSC1(c2cc(N3CCOCC3)nc(C3=CCC(NC(=O)NCC#N)C=C3)n2)CC1.